The van der Waals surface area contributed by atoms with Crippen molar-refractivity contribution in [1.82, 2.24) is 4.90 Å². The maximum Gasteiger partial charge on any atom is 0.322 e. The molecule has 1 aromatic carbocycles. The summed E-state index contributed by atoms with van der Waals surface area (Å²) in [5.74, 6) is 2.42. The topological polar surface area (TPSA) is 32.3 Å². The highest BCUT2D eigenvalue weighted by Crippen LogP contribution is 2.45. The van der Waals surface area contributed by atoms with Crippen LogP contribution in [0.1, 0.15) is 27.9 Å². The summed E-state index contributed by atoms with van der Waals surface area (Å²) in [5, 5.41) is 5.18. The maximum atomic E-state index is 12.8. The summed E-state index contributed by atoms with van der Waals surface area (Å²) in [5.41, 5.74) is 2.21. The van der Waals surface area contributed by atoms with E-state index in [1.807, 2.05) is 46.6 Å². The molecule has 2 aromatic rings. The van der Waals surface area contributed by atoms with Gasteiger partial charge in [0.1, 0.15) is 0 Å². The molecule has 24 heavy (non-hydrogen) atoms. The van der Waals surface area contributed by atoms with Crippen molar-refractivity contribution in [1.29, 1.82) is 0 Å². The third kappa shape index (κ3) is 3.92. The second-order valence-corrected chi connectivity index (χ2v) is 9.82. The van der Waals surface area contributed by atoms with E-state index < -0.39 is 0 Å². The van der Waals surface area contributed by atoms with E-state index in [4.69, 9.17) is 0 Å². The lowest BCUT2D eigenvalue weighted by Gasteiger charge is -2.22. The summed E-state index contributed by atoms with van der Waals surface area (Å²) in [6.45, 7) is 0.711. The van der Waals surface area contributed by atoms with Crippen LogP contribution in [0.2, 0.25) is 0 Å². The average Bonchev–Trinajstić information content (AvgIpc) is 3.08. The van der Waals surface area contributed by atoms with Gasteiger partial charge in [0, 0.05) is 28.1 Å². The molecule has 126 valence electrons. The molecule has 0 radical (unpaired) electrons. The molecule has 1 aliphatic carbocycles. The second-order valence-electron chi connectivity index (χ2n) is 6.07. The van der Waals surface area contributed by atoms with E-state index >= 15 is 0 Å². The van der Waals surface area contributed by atoms with Gasteiger partial charge < -0.3 is 10.2 Å². The minimum Gasteiger partial charge on any atom is -0.316 e. The quantitative estimate of drug-likeness (QED) is 0.756. The van der Waals surface area contributed by atoms with Gasteiger partial charge in [0.15, 0.2) is 0 Å². The molecule has 0 spiro atoms. The minimum absolute atomic E-state index is 0.0229. The van der Waals surface area contributed by atoms with Gasteiger partial charge in [-0.15, -0.1) is 34.9 Å². The highest BCUT2D eigenvalue weighted by molar-refractivity contribution is 8.19. The number of nitrogens with zero attached hydrogens (tertiary/aromatic N) is 1. The zero-order valence-corrected chi connectivity index (χ0v) is 15.8. The molecule has 1 N–H and O–H groups in total. The fourth-order valence-electron chi connectivity index (χ4n) is 2.83. The summed E-state index contributed by atoms with van der Waals surface area (Å²) >= 11 is 5.69. The van der Waals surface area contributed by atoms with E-state index in [1.54, 1.807) is 11.3 Å². The van der Waals surface area contributed by atoms with Crippen molar-refractivity contribution in [2.24, 2.45) is 0 Å². The number of carbonyl (C=O) groups excluding carboxylic acids is 1. The van der Waals surface area contributed by atoms with E-state index in [-0.39, 0.29) is 6.03 Å². The lowest BCUT2D eigenvalue weighted by atomic mass is 10.2. The van der Waals surface area contributed by atoms with Gasteiger partial charge in [0.25, 0.3) is 0 Å². The van der Waals surface area contributed by atoms with Crippen molar-refractivity contribution in [3.8, 4) is 0 Å². The Balaban J connectivity index is 1.45. The summed E-state index contributed by atoms with van der Waals surface area (Å²) in [6, 6.07) is 12.9. The fourth-order valence-corrected chi connectivity index (χ4v) is 6.37. The van der Waals surface area contributed by atoms with Gasteiger partial charge in [0.2, 0.25) is 0 Å². The van der Waals surface area contributed by atoms with Crippen LogP contribution in [-0.4, -0.2) is 28.5 Å². The van der Waals surface area contributed by atoms with Gasteiger partial charge in [0.05, 0.1) is 11.1 Å². The summed E-state index contributed by atoms with van der Waals surface area (Å²) in [7, 11) is 0. The number of carbonyl (C=O) groups is 1. The Bertz CT molecular complexity index is 694. The van der Waals surface area contributed by atoms with Crippen molar-refractivity contribution >= 4 is 46.6 Å². The Morgan fingerprint density at radius 1 is 1.17 bits per heavy atom. The Morgan fingerprint density at radius 2 is 2.00 bits per heavy atom. The number of thiophene rings is 1. The van der Waals surface area contributed by atoms with Crippen LogP contribution < -0.4 is 5.32 Å². The number of nitrogens with one attached hydrogen (secondary N) is 1. The standard InChI is InChI=1S/C18H20N2OS3/c21-18(20(15-6-7-15)12-16-5-2-8-22-16)19-14-4-1-3-13(11-14)17-23-9-10-24-17/h1-5,8,11,15,17H,6-7,9-10,12H2,(H,19,21). The zero-order chi connectivity index (χ0) is 16.4. The van der Waals surface area contributed by atoms with E-state index in [1.165, 1.54) is 21.9 Å². The van der Waals surface area contributed by atoms with Crippen molar-refractivity contribution in [3.05, 3.63) is 52.2 Å². The van der Waals surface area contributed by atoms with Crippen molar-refractivity contribution in [3.63, 3.8) is 0 Å². The van der Waals surface area contributed by atoms with E-state index in [2.05, 4.69) is 28.9 Å². The molecule has 6 heteroatoms. The Morgan fingerprint density at radius 3 is 2.71 bits per heavy atom. The van der Waals surface area contributed by atoms with E-state index in [0.717, 1.165) is 18.5 Å². The smallest absolute Gasteiger partial charge is 0.316 e. The predicted molar refractivity (Wildman–Crippen MR) is 106 cm³/mol. The number of anilines is 1. The van der Waals surface area contributed by atoms with Gasteiger partial charge >= 0.3 is 6.03 Å². The molecule has 0 atom stereocenters. The van der Waals surface area contributed by atoms with Crippen LogP contribution in [0, 0.1) is 0 Å². The van der Waals surface area contributed by atoms with Gasteiger partial charge in [-0.3, -0.25) is 0 Å². The van der Waals surface area contributed by atoms with Crippen LogP contribution in [0.4, 0.5) is 10.5 Å². The monoisotopic (exact) mass is 376 g/mol. The highest BCUT2D eigenvalue weighted by atomic mass is 32.2. The number of rotatable bonds is 5. The molecule has 1 aromatic heterocycles. The first-order valence-corrected chi connectivity index (χ1v) is 11.2. The van der Waals surface area contributed by atoms with Crippen LogP contribution in [0.3, 0.4) is 0 Å². The Labute approximate surface area is 155 Å². The SMILES string of the molecule is O=C(Nc1cccc(C2SCCS2)c1)N(Cc1cccs1)C1CC1. The molecular weight excluding hydrogens is 356 g/mol. The number of amides is 2. The first kappa shape index (κ1) is 16.4. The van der Waals surface area contributed by atoms with Crippen molar-refractivity contribution in [2.45, 2.75) is 30.0 Å². The van der Waals surface area contributed by atoms with Crippen molar-refractivity contribution in [2.75, 3.05) is 16.8 Å². The number of benzene rings is 1. The molecule has 1 saturated heterocycles. The number of hydrogen-bond acceptors (Lipinski definition) is 4. The first-order chi connectivity index (χ1) is 11.8. The van der Waals surface area contributed by atoms with Crippen LogP contribution in [0.15, 0.2) is 41.8 Å². The van der Waals surface area contributed by atoms with Crippen LogP contribution in [0.5, 0.6) is 0 Å². The molecule has 0 unspecified atom stereocenters. The lowest BCUT2D eigenvalue weighted by molar-refractivity contribution is 0.206. The van der Waals surface area contributed by atoms with Crippen LogP contribution in [-0.2, 0) is 6.54 Å². The third-order valence-corrected chi connectivity index (χ3v) is 8.15. The number of thioether (sulfide) groups is 2. The average molecular weight is 377 g/mol. The largest absolute Gasteiger partial charge is 0.322 e. The van der Waals surface area contributed by atoms with Gasteiger partial charge in [-0.2, -0.15) is 0 Å². The van der Waals surface area contributed by atoms with Crippen LogP contribution in [0.25, 0.3) is 0 Å². The summed E-state index contributed by atoms with van der Waals surface area (Å²) in [4.78, 5) is 16.0. The Hall–Kier alpha value is -1.11. The fraction of sp³-hybridized carbons (Fsp3) is 0.389. The molecule has 0 bridgehead atoms. The second kappa shape index (κ2) is 7.42. The highest BCUT2D eigenvalue weighted by Gasteiger charge is 2.33. The molecule has 2 heterocycles. The normalized spacial score (nSPS) is 17.8. The van der Waals surface area contributed by atoms with Crippen molar-refractivity contribution < 1.29 is 4.79 Å². The van der Waals surface area contributed by atoms with E-state index in [9.17, 15) is 4.79 Å². The molecule has 1 aliphatic heterocycles. The summed E-state index contributed by atoms with van der Waals surface area (Å²) < 4.78 is 0.507. The molecule has 2 fully saturated rings. The molecule has 1 saturated carbocycles. The first-order valence-electron chi connectivity index (χ1n) is 8.23. The summed E-state index contributed by atoms with van der Waals surface area (Å²) in [6.07, 6.45) is 2.24. The molecule has 3 nitrogen and oxygen atoms in total. The maximum absolute atomic E-state index is 12.8. The Kier molecular flexibility index (Phi) is 5.06. The van der Waals surface area contributed by atoms with Crippen LogP contribution >= 0.6 is 34.9 Å². The predicted octanol–water partition coefficient (Wildman–Crippen LogP) is 5.42. The molecule has 2 amide bonds. The zero-order valence-electron chi connectivity index (χ0n) is 13.3. The molecular formula is C18H20N2OS3. The van der Waals surface area contributed by atoms with E-state index in [0.29, 0.717) is 17.2 Å². The van der Waals surface area contributed by atoms with Gasteiger partial charge in [-0.05, 0) is 42.0 Å². The minimum atomic E-state index is 0.0229. The number of hydrogen-bond donors (Lipinski definition) is 1. The van der Waals surface area contributed by atoms with Gasteiger partial charge in [-0.1, -0.05) is 18.2 Å². The lowest BCUT2D eigenvalue weighted by Crippen LogP contribution is -2.36. The number of urea groups is 1. The third-order valence-electron chi connectivity index (χ3n) is 4.19. The molecule has 4 rings (SSSR count). The molecule has 2 aliphatic rings. The van der Waals surface area contributed by atoms with Gasteiger partial charge in [-0.25, -0.2) is 4.79 Å².